The van der Waals surface area contributed by atoms with Gasteiger partial charge in [-0.2, -0.15) is 0 Å². The molecule has 0 aromatic carbocycles. The number of rotatable bonds is 2. The Kier molecular flexibility index (Phi) is 6.31. The molecule has 0 amide bonds. The maximum absolute atomic E-state index is 11.1. The van der Waals surface area contributed by atoms with Crippen LogP contribution in [-0.4, -0.2) is 43.4 Å². The molecule has 15 heavy (non-hydrogen) atoms. The van der Waals surface area contributed by atoms with E-state index in [0.29, 0.717) is 12.8 Å². The van der Waals surface area contributed by atoms with Gasteiger partial charge in [-0.25, -0.2) is 12.7 Å². The third kappa shape index (κ3) is 4.38. The van der Waals surface area contributed by atoms with Crippen molar-refractivity contribution in [1.29, 1.82) is 0 Å². The minimum atomic E-state index is -4.35. The number of hydrogen-bond acceptors (Lipinski definition) is 5. The number of carbonyl (C=O) groups excluding carboxylic acids is 1. The Labute approximate surface area is 111 Å². The molecule has 8 heteroatoms. The van der Waals surface area contributed by atoms with Gasteiger partial charge in [0.1, 0.15) is 0 Å². The number of hydrogen-bond donors (Lipinski definition) is 0. The second-order valence-corrected chi connectivity index (χ2v) is 4.53. The molecule has 1 rings (SSSR count). The Hall–Kier alpha value is 0.340. The summed E-state index contributed by atoms with van der Waals surface area (Å²) in [7, 11) is -3.06. The van der Waals surface area contributed by atoms with Crippen LogP contribution in [0.15, 0.2) is 0 Å². The van der Waals surface area contributed by atoms with Crippen molar-refractivity contribution in [2.45, 2.75) is 12.8 Å². The molecule has 0 saturated carbocycles. The molecule has 0 bridgehead atoms. The summed E-state index contributed by atoms with van der Waals surface area (Å²) in [4.78, 5) is 11.1. The molecule has 1 aliphatic heterocycles. The van der Waals surface area contributed by atoms with Crippen LogP contribution >= 0.6 is 0 Å². The van der Waals surface area contributed by atoms with E-state index in [4.69, 9.17) is 0 Å². The first kappa shape index (κ1) is 15.3. The fourth-order valence-electron chi connectivity index (χ4n) is 1.48. The van der Waals surface area contributed by atoms with E-state index in [9.17, 15) is 17.8 Å². The zero-order valence-electron chi connectivity index (χ0n) is 8.80. The monoisotopic (exact) mass is 245 g/mol. The van der Waals surface area contributed by atoms with Gasteiger partial charge in [-0.05, 0) is 12.8 Å². The van der Waals surface area contributed by atoms with E-state index in [1.54, 1.807) is 0 Å². The number of nitrogens with zero attached hydrogens (tertiary/aromatic N) is 1. The van der Waals surface area contributed by atoms with E-state index in [2.05, 4.69) is 4.74 Å². The van der Waals surface area contributed by atoms with Gasteiger partial charge in [0.2, 0.25) is 0 Å². The van der Waals surface area contributed by atoms with Crippen LogP contribution in [0.5, 0.6) is 0 Å². The predicted molar refractivity (Wildman–Crippen MR) is 46.0 cm³/mol. The van der Waals surface area contributed by atoms with Crippen LogP contribution in [0.2, 0.25) is 0 Å². The summed E-state index contributed by atoms with van der Waals surface area (Å²) in [5, 5.41) is 0. The van der Waals surface area contributed by atoms with Crippen molar-refractivity contribution in [3.63, 3.8) is 0 Å². The molecule has 0 spiro atoms. The maximum Gasteiger partial charge on any atom is 1.00 e. The minimum absolute atomic E-state index is 0. The van der Waals surface area contributed by atoms with E-state index in [-0.39, 0.29) is 54.5 Å². The molecule has 0 unspecified atom stereocenters. The molecule has 0 N–H and O–H groups in total. The van der Waals surface area contributed by atoms with Gasteiger partial charge < -0.3 is 9.29 Å². The summed E-state index contributed by atoms with van der Waals surface area (Å²) < 4.78 is 37.1. The second kappa shape index (κ2) is 6.17. The summed E-state index contributed by atoms with van der Waals surface area (Å²) in [6.45, 7) is 0.206. The predicted octanol–water partition coefficient (Wildman–Crippen LogP) is -3.66. The number of methoxy groups -OCH3 is 1. The normalized spacial score (nSPS) is 19.3. The van der Waals surface area contributed by atoms with Gasteiger partial charge in [-0.3, -0.25) is 4.79 Å². The average Bonchev–Trinajstić information content (AvgIpc) is 2.15. The van der Waals surface area contributed by atoms with Crippen LogP contribution in [0.25, 0.3) is 0 Å². The van der Waals surface area contributed by atoms with Gasteiger partial charge in [-0.15, -0.1) is 0 Å². The summed E-state index contributed by atoms with van der Waals surface area (Å²) in [5.74, 6) is -0.619. The van der Waals surface area contributed by atoms with E-state index in [1.807, 2.05) is 0 Å². The van der Waals surface area contributed by atoms with Crippen LogP contribution < -0.4 is 29.6 Å². The maximum atomic E-state index is 11.1. The number of ether oxygens (including phenoxy) is 1. The van der Waals surface area contributed by atoms with E-state index in [0.717, 1.165) is 4.31 Å². The van der Waals surface area contributed by atoms with Crippen LogP contribution in [0.3, 0.4) is 0 Å². The quantitative estimate of drug-likeness (QED) is 0.284. The van der Waals surface area contributed by atoms with Gasteiger partial charge in [0, 0.05) is 13.1 Å². The van der Waals surface area contributed by atoms with E-state index in [1.165, 1.54) is 7.11 Å². The summed E-state index contributed by atoms with van der Waals surface area (Å²) in [6, 6.07) is 0. The third-order valence-electron chi connectivity index (χ3n) is 2.30. The molecular formula is C7H12NNaO5S. The molecule has 82 valence electrons. The number of carbonyl (C=O) groups is 1. The first-order chi connectivity index (χ1) is 6.45. The van der Waals surface area contributed by atoms with E-state index >= 15 is 0 Å². The first-order valence-electron chi connectivity index (χ1n) is 4.24. The molecule has 0 aliphatic carbocycles. The summed E-state index contributed by atoms with van der Waals surface area (Å²) in [6.07, 6.45) is 0.711. The van der Waals surface area contributed by atoms with Crippen LogP contribution in [0, 0.1) is 5.92 Å². The van der Waals surface area contributed by atoms with Gasteiger partial charge in [0.15, 0.2) is 10.3 Å². The van der Waals surface area contributed by atoms with Gasteiger partial charge in [0.25, 0.3) is 0 Å². The van der Waals surface area contributed by atoms with Crippen molar-refractivity contribution in [2.75, 3.05) is 20.2 Å². The van der Waals surface area contributed by atoms with Crippen molar-refractivity contribution >= 4 is 16.3 Å². The average molecular weight is 245 g/mol. The Morgan fingerprint density at radius 2 is 1.87 bits per heavy atom. The number of piperidine rings is 1. The smallest absolute Gasteiger partial charge is 0.735 e. The van der Waals surface area contributed by atoms with Gasteiger partial charge in [0.05, 0.1) is 13.0 Å². The van der Waals surface area contributed by atoms with Crippen molar-refractivity contribution in [2.24, 2.45) is 5.92 Å². The Morgan fingerprint density at radius 3 is 2.20 bits per heavy atom. The van der Waals surface area contributed by atoms with Crippen molar-refractivity contribution in [1.82, 2.24) is 4.31 Å². The van der Waals surface area contributed by atoms with Crippen LogP contribution in [0.1, 0.15) is 12.8 Å². The van der Waals surface area contributed by atoms with Crippen molar-refractivity contribution < 1.29 is 52.1 Å². The van der Waals surface area contributed by atoms with E-state index < -0.39 is 10.3 Å². The zero-order chi connectivity index (χ0) is 10.8. The fourth-order valence-corrected chi connectivity index (χ4v) is 2.14. The molecule has 1 saturated heterocycles. The molecular weight excluding hydrogens is 233 g/mol. The van der Waals surface area contributed by atoms with Gasteiger partial charge in [-0.1, -0.05) is 0 Å². The number of esters is 1. The Morgan fingerprint density at radius 1 is 1.40 bits per heavy atom. The largest absolute Gasteiger partial charge is 1.00 e. The molecule has 1 heterocycles. The standard InChI is InChI=1S/C7H13NO5S.Na/c1-13-7(9)6-2-4-8(5-3-6)14(10,11)12;/h6H,2-5H2,1H3,(H,10,11,12);/q;+1/p-1. The van der Waals surface area contributed by atoms with Crippen LogP contribution in [0.4, 0.5) is 0 Å². The van der Waals surface area contributed by atoms with Crippen molar-refractivity contribution in [3.8, 4) is 0 Å². The minimum Gasteiger partial charge on any atom is -0.735 e. The zero-order valence-corrected chi connectivity index (χ0v) is 11.6. The molecule has 6 nitrogen and oxygen atoms in total. The molecule has 0 atom stereocenters. The first-order valence-corrected chi connectivity index (χ1v) is 5.60. The SMILES string of the molecule is COC(=O)C1CCN(S(=O)(=O)[O-])CC1.[Na+]. The molecule has 1 aliphatic rings. The van der Waals surface area contributed by atoms with Crippen LogP contribution in [-0.2, 0) is 19.8 Å². The fraction of sp³-hybridized carbons (Fsp3) is 0.857. The summed E-state index contributed by atoms with van der Waals surface area (Å²) in [5.41, 5.74) is 0. The second-order valence-electron chi connectivity index (χ2n) is 3.15. The molecule has 0 radical (unpaired) electrons. The summed E-state index contributed by atoms with van der Waals surface area (Å²) >= 11 is 0. The third-order valence-corrected chi connectivity index (χ3v) is 3.30. The molecule has 0 aromatic rings. The Bertz CT molecular complexity index is 309. The Balaban J connectivity index is 0.00000196. The molecule has 0 aromatic heterocycles. The molecule has 1 fully saturated rings. The van der Waals surface area contributed by atoms with Crippen molar-refractivity contribution in [3.05, 3.63) is 0 Å². The topological polar surface area (TPSA) is 86.7 Å². The van der Waals surface area contributed by atoms with Gasteiger partial charge >= 0.3 is 35.5 Å².